The van der Waals surface area contributed by atoms with Crippen molar-refractivity contribution in [2.75, 3.05) is 17.3 Å². The summed E-state index contributed by atoms with van der Waals surface area (Å²) in [5.41, 5.74) is -1.52. The first kappa shape index (κ1) is 27.4. The van der Waals surface area contributed by atoms with Crippen molar-refractivity contribution in [3.8, 4) is 0 Å². The number of thioether (sulfide) groups is 1. The monoisotopic (exact) mass is 600 g/mol. The van der Waals surface area contributed by atoms with Crippen LogP contribution >= 0.6 is 34.4 Å². The van der Waals surface area contributed by atoms with Crippen LogP contribution in [0.2, 0.25) is 0 Å². The van der Waals surface area contributed by atoms with Crippen LogP contribution in [0, 0.1) is 10.5 Å². The Hall–Kier alpha value is -1.89. The summed E-state index contributed by atoms with van der Waals surface area (Å²) in [6, 6.07) is 6.96. The van der Waals surface area contributed by atoms with Crippen molar-refractivity contribution in [3.05, 3.63) is 62.2 Å². The number of halogens is 6. The summed E-state index contributed by atoms with van der Waals surface area (Å²) in [7, 11) is 0. The first-order valence-electron chi connectivity index (χ1n) is 9.57. The summed E-state index contributed by atoms with van der Waals surface area (Å²) in [4.78, 5) is 25.9. The fourth-order valence-electron chi connectivity index (χ4n) is 3.06. The van der Waals surface area contributed by atoms with Crippen LogP contribution in [0.1, 0.15) is 45.7 Å². The summed E-state index contributed by atoms with van der Waals surface area (Å²) in [6.07, 6.45) is -3.84. The number of aryl methyl sites for hydroxylation is 1. The quantitative estimate of drug-likeness (QED) is 0.287. The van der Waals surface area contributed by atoms with Crippen LogP contribution < -0.4 is 10.6 Å². The Morgan fingerprint density at radius 3 is 2.21 bits per heavy atom. The Kier molecular flexibility index (Phi) is 8.42. The molecule has 0 atom stereocenters. The number of hydrogen-bond donors (Lipinski definition) is 2. The number of alkyl halides is 5. The predicted molar refractivity (Wildman–Crippen MR) is 128 cm³/mol. The Morgan fingerprint density at radius 1 is 1.03 bits per heavy atom. The van der Waals surface area contributed by atoms with Crippen LogP contribution in [0.3, 0.4) is 0 Å². The number of nitrogens with one attached hydrogen (secondary N) is 2. The largest absolute Gasteiger partial charge is 0.458 e. The van der Waals surface area contributed by atoms with Gasteiger partial charge in [-0.25, -0.2) is 0 Å². The predicted octanol–water partition coefficient (Wildman–Crippen LogP) is 6.38. The highest BCUT2D eigenvalue weighted by Crippen LogP contribution is 2.44. The van der Waals surface area contributed by atoms with Crippen molar-refractivity contribution < 1.29 is 31.5 Å². The number of carbonyl (C=O) groups is 2. The van der Waals surface area contributed by atoms with Gasteiger partial charge in [0.25, 0.3) is 11.8 Å². The lowest BCUT2D eigenvalue weighted by atomic mass is 10.0. The summed E-state index contributed by atoms with van der Waals surface area (Å²) in [6.45, 7) is 5.00. The lowest BCUT2D eigenvalue weighted by molar-refractivity contribution is -0.289. The Bertz CT molecular complexity index is 1060. The second-order valence-corrected chi connectivity index (χ2v) is 10.0. The minimum atomic E-state index is -5.74. The highest BCUT2D eigenvalue weighted by Gasteiger charge is 2.58. The molecule has 0 saturated heterocycles. The maximum absolute atomic E-state index is 13.6. The zero-order chi connectivity index (χ0) is 25.2. The van der Waals surface area contributed by atoms with E-state index in [4.69, 9.17) is 0 Å². The van der Waals surface area contributed by atoms with Crippen LogP contribution in [-0.4, -0.2) is 35.5 Å². The number of carbonyl (C=O) groups excluding carboxylic acids is 2. The van der Waals surface area contributed by atoms with Crippen LogP contribution in [0.15, 0.2) is 36.4 Å². The van der Waals surface area contributed by atoms with E-state index >= 15 is 0 Å². The number of anilines is 1. The summed E-state index contributed by atoms with van der Waals surface area (Å²) in [5, 5.41) is 5.39. The second-order valence-electron chi connectivity index (χ2n) is 7.99. The molecule has 0 heterocycles. The molecule has 0 saturated carbocycles. The molecule has 0 aliphatic carbocycles. The maximum Gasteiger partial charge on any atom is 0.458 e. The minimum absolute atomic E-state index is 0.0162. The van der Waals surface area contributed by atoms with E-state index in [0.717, 1.165) is 6.07 Å². The normalized spacial score (nSPS) is 12.4. The minimum Gasteiger partial charge on any atom is -0.346 e. The van der Waals surface area contributed by atoms with Crippen molar-refractivity contribution >= 4 is 51.9 Å². The van der Waals surface area contributed by atoms with Crippen molar-refractivity contribution in [3.63, 3.8) is 0 Å². The Labute approximate surface area is 206 Å². The van der Waals surface area contributed by atoms with E-state index in [1.54, 1.807) is 23.9 Å². The van der Waals surface area contributed by atoms with Crippen molar-refractivity contribution in [2.45, 2.75) is 38.4 Å². The molecule has 4 nitrogen and oxygen atoms in total. The van der Waals surface area contributed by atoms with Gasteiger partial charge in [0.15, 0.2) is 0 Å². The third-order valence-electron chi connectivity index (χ3n) is 4.64. The van der Waals surface area contributed by atoms with Gasteiger partial charge in [-0.1, -0.05) is 12.1 Å². The highest BCUT2D eigenvalue weighted by molar-refractivity contribution is 14.1. The molecule has 0 aliphatic rings. The molecule has 2 aromatic carbocycles. The van der Waals surface area contributed by atoms with Crippen LogP contribution in [0.4, 0.5) is 27.6 Å². The highest BCUT2D eigenvalue weighted by atomic mass is 127. The number of hydrogen-bond acceptors (Lipinski definition) is 3. The van der Waals surface area contributed by atoms with Crippen molar-refractivity contribution in [1.82, 2.24) is 5.32 Å². The van der Waals surface area contributed by atoms with Gasteiger partial charge in [0.1, 0.15) is 0 Å². The molecule has 0 fully saturated rings. The van der Waals surface area contributed by atoms with E-state index in [0.29, 0.717) is 21.5 Å². The summed E-state index contributed by atoms with van der Waals surface area (Å²) < 4.78 is 65.7. The molecule has 33 heavy (non-hydrogen) atoms. The van der Waals surface area contributed by atoms with E-state index in [1.165, 1.54) is 13.0 Å². The molecular formula is C22H22F5IN2O2S. The van der Waals surface area contributed by atoms with Gasteiger partial charge in [0, 0.05) is 26.1 Å². The van der Waals surface area contributed by atoms with Gasteiger partial charge in [-0.15, -0.1) is 0 Å². The van der Waals surface area contributed by atoms with Gasteiger partial charge in [-0.2, -0.15) is 33.7 Å². The van der Waals surface area contributed by atoms with E-state index in [-0.39, 0.29) is 22.4 Å². The summed E-state index contributed by atoms with van der Waals surface area (Å²) in [5.74, 6) is -5.54. The van der Waals surface area contributed by atoms with Gasteiger partial charge < -0.3 is 10.6 Å². The molecule has 0 bridgehead atoms. The zero-order valence-electron chi connectivity index (χ0n) is 18.2. The Morgan fingerprint density at radius 2 is 1.67 bits per heavy atom. The standard InChI is InChI=1S/C22H22F5IN2O2S/c1-12-10-13(21(23,24)22(25,26)27)8-9-16(12)29-18(31)14-6-5-7-15(28)17(14)19(32)30-20(2,3)11-33-4/h5-10H,11H2,1-4H3,(H,29,31)(H,30,32). The fourth-order valence-corrected chi connectivity index (χ4v) is 4.60. The van der Waals surface area contributed by atoms with Crippen LogP contribution in [-0.2, 0) is 5.92 Å². The number of amides is 2. The van der Waals surface area contributed by atoms with Gasteiger partial charge in [-0.05, 0) is 79.4 Å². The number of rotatable bonds is 7. The maximum atomic E-state index is 13.6. The smallest absolute Gasteiger partial charge is 0.346 e. The fraction of sp³-hybridized carbons (Fsp3) is 0.364. The molecule has 2 aromatic rings. The molecule has 0 radical (unpaired) electrons. The first-order chi connectivity index (χ1) is 15.1. The third kappa shape index (κ3) is 6.37. The van der Waals surface area contributed by atoms with Gasteiger partial charge in [0.05, 0.1) is 11.1 Å². The molecule has 2 N–H and O–H groups in total. The van der Waals surface area contributed by atoms with Crippen LogP contribution in [0.25, 0.3) is 0 Å². The number of benzene rings is 2. The Balaban J connectivity index is 2.35. The molecule has 0 unspecified atom stereocenters. The van der Waals surface area contributed by atoms with E-state index < -0.39 is 35.0 Å². The van der Waals surface area contributed by atoms with E-state index in [2.05, 4.69) is 10.6 Å². The summed E-state index contributed by atoms with van der Waals surface area (Å²) >= 11 is 3.48. The lowest BCUT2D eigenvalue weighted by Gasteiger charge is -2.26. The average molecular weight is 600 g/mol. The second kappa shape index (κ2) is 10.2. The van der Waals surface area contributed by atoms with Crippen molar-refractivity contribution in [2.24, 2.45) is 0 Å². The topological polar surface area (TPSA) is 58.2 Å². The molecule has 0 aliphatic heterocycles. The SMILES string of the molecule is CSCC(C)(C)NC(=O)c1c(I)cccc1C(=O)Nc1ccc(C(F)(F)C(F)(F)F)cc1C. The van der Waals surface area contributed by atoms with E-state index in [1.807, 2.05) is 42.7 Å². The molecule has 11 heteroatoms. The van der Waals surface area contributed by atoms with Crippen LogP contribution in [0.5, 0.6) is 0 Å². The third-order valence-corrected chi connectivity index (χ3v) is 6.54. The average Bonchev–Trinajstić information content (AvgIpc) is 2.67. The van der Waals surface area contributed by atoms with E-state index in [9.17, 15) is 31.5 Å². The molecule has 2 amide bonds. The first-order valence-corrected chi connectivity index (χ1v) is 12.0. The van der Waals surface area contributed by atoms with Crippen molar-refractivity contribution in [1.29, 1.82) is 0 Å². The molecule has 0 aromatic heterocycles. The lowest BCUT2D eigenvalue weighted by Crippen LogP contribution is -2.46. The van der Waals surface area contributed by atoms with Gasteiger partial charge in [0.2, 0.25) is 0 Å². The molecular weight excluding hydrogens is 578 g/mol. The molecule has 0 spiro atoms. The molecule has 2 rings (SSSR count). The van der Waals surface area contributed by atoms with Gasteiger partial charge >= 0.3 is 12.1 Å². The molecule has 180 valence electrons. The zero-order valence-corrected chi connectivity index (χ0v) is 21.1. The van der Waals surface area contributed by atoms with Gasteiger partial charge in [-0.3, -0.25) is 9.59 Å².